The molecule has 1 aromatic heterocycles. The molecule has 1 aliphatic carbocycles. The molecular weight excluding hydrogens is 202 g/mol. The summed E-state index contributed by atoms with van der Waals surface area (Å²) >= 11 is 0. The normalized spacial score (nSPS) is 15.1. The van der Waals surface area contributed by atoms with Gasteiger partial charge in [0.15, 0.2) is 0 Å². The minimum absolute atomic E-state index is 0.246. The van der Waals surface area contributed by atoms with Crippen molar-refractivity contribution >= 4 is 5.91 Å². The van der Waals surface area contributed by atoms with Crippen LogP contribution in [0, 0.1) is 5.92 Å². The first-order valence-corrected chi connectivity index (χ1v) is 5.86. The molecule has 1 aromatic rings. The van der Waals surface area contributed by atoms with Crippen LogP contribution in [0.5, 0.6) is 0 Å². The van der Waals surface area contributed by atoms with Crippen molar-refractivity contribution in [2.45, 2.75) is 25.7 Å². The average molecular weight is 221 g/mol. The Morgan fingerprint density at radius 1 is 1.62 bits per heavy atom. The quantitative estimate of drug-likeness (QED) is 0.750. The smallest absolute Gasteiger partial charge is 0.222 e. The molecule has 4 heteroatoms. The number of carbonyl (C=O) groups is 1. The fourth-order valence-corrected chi connectivity index (χ4v) is 1.83. The van der Waals surface area contributed by atoms with E-state index < -0.39 is 0 Å². The van der Waals surface area contributed by atoms with E-state index in [0.717, 1.165) is 24.4 Å². The minimum Gasteiger partial charge on any atom is -0.345 e. The molecule has 2 rings (SSSR count). The first kappa shape index (κ1) is 11.2. The largest absolute Gasteiger partial charge is 0.345 e. The van der Waals surface area contributed by atoms with Gasteiger partial charge in [0.1, 0.15) is 0 Å². The predicted octanol–water partition coefficient (Wildman–Crippen LogP) is 1.22. The van der Waals surface area contributed by atoms with Gasteiger partial charge in [0.25, 0.3) is 0 Å². The van der Waals surface area contributed by atoms with E-state index in [1.165, 1.54) is 12.8 Å². The predicted molar refractivity (Wildman–Crippen MR) is 61.9 cm³/mol. The van der Waals surface area contributed by atoms with Gasteiger partial charge in [-0.3, -0.25) is 9.48 Å². The summed E-state index contributed by atoms with van der Waals surface area (Å²) in [6, 6.07) is 0. The van der Waals surface area contributed by atoms with Gasteiger partial charge in [-0.25, -0.2) is 0 Å². The van der Waals surface area contributed by atoms with Crippen molar-refractivity contribution in [1.29, 1.82) is 0 Å². The van der Waals surface area contributed by atoms with Crippen LogP contribution in [0.1, 0.15) is 24.8 Å². The zero-order valence-corrected chi connectivity index (χ0v) is 10.0. The molecule has 0 atom stereocenters. The molecule has 4 nitrogen and oxygen atoms in total. The zero-order valence-electron chi connectivity index (χ0n) is 10.0. The molecular formula is C12H19N3O. The molecule has 1 heterocycles. The van der Waals surface area contributed by atoms with Gasteiger partial charge >= 0.3 is 0 Å². The Morgan fingerprint density at radius 2 is 2.38 bits per heavy atom. The van der Waals surface area contributed by atoms with Crippen LogP contribution in [-0.4, -0.2) is 34.2 Å². The highest BCUT2D eigenvalue weighted by Crippen LogP contribution is 2.29. The van der Waals surface area contributed by atoms with Crippen LogP contribution in [0.4, 0.5) is 0 Å². The van der Waals surface area contributed by atoms with Crippen molar-refractivity contribution in [3.05, 3.63) is 18.0 Å². The Hall–Kier alpha value is -1.32. The summed E-state index contributed by atoms with van der Waals surface area (Å²) in [6.07, 6.45) is 7.76. The summed E-state index contributed by atoms with van der Waals surface area (Å²) in [5, 5.41) is 4.09. The molecule has 88 valence electrons. The van der Waals surface area contributed by atoms with E-state index in [9.17, 15) is 4.79 Å². The van der Waals surface area contributed by atoms with Crippen LogP contribution in [0.2, 0.25) is 0 Å². The van der Waals surface area contributed by atoms with Gasteiger partial charge in [-0.1, -0.05) is 0 Å². The standard InChI is InChI=1S/C12H19N3O/c1-14(8-10-3-4-10)12(16)6-5-11-7-13-15(2)9-11/h7,9-10H,3-6,8H2,1-2H3. The third-order valence-corrected chi connectivity index (χ3v) is 3.04. The van der Waals surface area contributed by atoms with Gasteiger partial charge < -0.3 is 4.90 Å². The van der Waals surface area contributed by atoms with E-state index in [2.05, 4.69) is 5.10 Å². The fourth-order valence-electron chi connectivity index (χ4n) is 1.83. The molecule has 0 N–H and O–H groups in total. The maximum atomic E-state index is 11.8. The maximum absolute atomic E-state index is 11.8. The summed E-state index contributed by atoms with van der Waals surface area (Å²) in [5.74, 6) is 1.02. The zero-order chi connectivity index (χ0) is 11.5. The fraction of sp³-hybridized carbons (Fsp3) is 0.667. The Morgan fingerprint density at radius 3 is 2.94 bits per heavy atom. The molecule has 1 saturated carbocycles. The van der Waals surface area contributed by atoms with Gasteiger partial charge in [0, 0.05) is 33.3 Å². The minimum atomic E-state index is 0.246. The third-order valence-electron chi connectivity index (χ3n) is 3.04. The first-order valence-electron chi connectivity index (χ1n) is 5.86. The second-order valence-corrected chi connectivity index (χ2v) is 4.74. The third kappa shape index (κ3) is 3.08. The Kier molecular flexibility index (Phi) is 3.27. The molecule has 0 saturated heterocycles. The van der Waals surface area contributed by atoms with E-state index in [4.69, 9.17) is 0 Å². The maximum Gasteiger partial charge on any atom is 0.222 e. The SMILES string of the molecule is CN(CC1CC1)C(=O)CCc1cnn(C)c1. The molecule has 0 unspecified atom stereocenters. The van der Waals surface area contributed by atoms with Crippen molar-refractivity contribution in [2.24, 2.45) is 13.0 Å². The molecule has 1 fully saturated rings. The van der Waals surface area contributed by atoms with Crippen LogP contribution < -0.4 is 0 Å². The summed E-state index contributed by atoms with van der Waals surface area (Å²) in [7, 11) is 3.80. The Bertz CT molecular complexity index is 368. The van der Waals surface area contributed by atoms with Crippen molar-refractivity contribution < 1.29 is 4.79 Å². The van der Waals surface area contributed by atoms with E-state index in [1.54, 1.807) is 4.68 Å². The molecule has 1 amide bonds. The number of hydrogen-bond acceptors (Lipinski definition) is 2. The van der Waals surface area contributed by atoms with Crippen LogP contribution in [0.3, 0.4) is 0 Å². The lowest BCUT2D eigenvalue weighted by Gasteiger charge is -2.16. The number of hydrogen-bond donors (Lipinski definition) is 0. The van der Waals surface area contributed by atoms with Crippen LogP contribution in [0.25, 0.3) is 0 Å². The molecule has 0 aliphatic heterocycles. The molecule has 0 aromatic carbocycles. The highest BCUT2D eigenvalue weighted by Gasteiger charge is 2.24. The van der Waals surface area contributed by atoms with Gasteiger partial charge in [-0.15, -0.1) is 0 Å². The number of aryl methyl sites for hydroxylation is 2. The molecule has 0 spiro atoms. The van der Waals surface area contributed by atoms with Crippen LogP contribution >= 0.6 is 0 Å². The summed E-state index contributed by atoms with van der Waals surface area (Å²) < 4.78 is 1.77. The van der Waals surface area contributed by atoms with Gasteiger partial charge in [-0.2, -0.15) is 5.10 Å². The monoisotopic (exact) mass is 221 g/mol. The van der Waals surface area contributed by atoms with E-state index in [0.29, 0.717) is 6.42 Å². The highest BCUT2D eigenvalue weighted by atomic mass is 16.2. The number of amides is 1. The summed E-state index contributed by atoms with van der Waals surface area (Å²) in [5.41, 5.74) is 1.13. The Balaban J connectivity index is 1.73. The van der Waals surface area contributed by atoms with Crippen molar-refractivity contribution in [3.63, 3.8) is 0 Å². The molecule has 0 bridgehead atoms. The second-order valence-electron chi connectivity index (χ2n) is 4.74. The van der Waals surface area contributed by atoms with E-state index in [1.807, 2.05) is 31.4 Å². The lowest BCUT2D eigenvalue weighted by atomic mass is 10.2. The van der Waals surface area contributed by atoms with Crippen LogP contribution in [0.15, 0.2) is 12.4 Å². The van der Waals surface area contributed by atoms with E-state index in [-0.39, 0.29) is 5.91 Å². The first-order chi connectivity index (χ1) is 7.65. The van der Waals surface area contributed by atoms with Crippen molar-refractivity contribution in [1.82, 2.24) is 14.7 Å². The molecule has 1 aliphatic rings. The van der Waals surface area contributed by atoms with Crippen molar-refractivity contribution in [3.8, 4) is 0 Å². The van der Waals surface area contributed by atoms with Crippen molar-refractivity contribution in [2.75, 3.05) is 13.6 Å². The topological polar surface area (TPSA) is 38.1 Å². The van der Waals surface area contributed by atoms with E-state index >= 15 is 0 Å². The molecule has 16 heavy (non-hydrogen) atoms. The lowest BCUT2D eigenvalue weighted by Crippen LogP contribution is -2.28. The summed E-state index contributed by atoms with van der Waals surface area (Å²) in [6.45, 7) is 0.936. The summed E-state index contributed by atoms with van der Waals surface area (Å²) in [4.78, 5) is 13.7. The number of carbonyl (C=O) groups excluding carboxylic acids is 1. The Labute approximate surface area is 96.2 Å². The van der Waals surface area contributed by atoms with Gasteiger partial charge in [0.05, 0.1) is 6.20 Å². The van der Waals surface area contributed by atoms with Gasteiger partial charge in [0.2, 0.25) is 5.91 Å². The lowest BCUT2D eigenvalue weighted by molar-refractivity contribution is -0.130. The van der Waals surface area contributed by atoms with Gasteiger partial charge in [-0.05, 0) is 30.7 Å². The number of aromatic nitrogens is 2. The average Bonchev–Trinajstić information content (AvgIpc) is 2.96. The molecule has 0 radical (unpaired) electrons. The number of rotatable bonds is 5. The second kappa shape index (κ2) is 4.68. The number of nitrogens with zero attached hydrogens (tertiary/aromatic N) is 3. The van der Waals surface area contributed by atoms with Crippen LogP contribution in [-0.2, 0) is 18.3 Å². The highest BCUT2D eigenvalue weighted by molar-refractivity contribution is 5.76.